The van der Waals surface area contributed by atoms with Crippen LogP contribution in [0.15, 0.2) is 82.1 Å². The minimum absolute atomic E-state index is 1.00. The van der Waals surface area contributed by atoms with Crippen LogP contribution in [0.2, 0.25) is 0 Å². The summed E-state index contributed by atoms with van der Waals surface area (Å²) in [5.41, 5.74) is 8.73. The van der Waals surface area contributed by atoms with Crippen molar-refractivity contribution in [2.75, 3.05) is 6.24 Å². The van der Waals surface area contributed by atoms with Gasteiger partial charge in [-0.05, 0) is 0 Å². The molecule has 4 nitrogen and oxygen atoms in total. The van der Waals surface area contributed by atoms with E-state index in [1.165, 1.54) is 11.4 Å². The first-order chi connectivity index (χ1) is 13.5. The Morgan fingerprint density at radius 2 is 1.07 bits per heavy atom. The molecule has 0 unspecified atom stereocenters. The van der Waals surface area contributed by atoms with Crippen molar-refractivity contribution in [1.82, 2.24) is 0 Å². The molecule has 2 aliphatic rings. The van der Waals surface area contributed by atoms with E-state index < -0.39 is 17.5 Å². The molecule has 2 heterocycles. The molecule has 2 bridgehead atoms. The molecule has 0 aromatic heterocycles. The molecule has 0 saturated heterocycles. The fraction of sp³-hybridized carbons (Fsp3) is 0.182. The van der Waals surface area contributed by atoms with E-state index in [1.807, 2.05) is 0 Å². The van der Waals surface area contributed by atoms with Gasteiger partial charge >= 0.3 is 180 Å². The molecule has 2 aromatic carbocycles. The summed E-state index contributed by atoms with van der Waals surface area (Å²) < 4.78 is 5.00. The molecule has 6 heteroatoms. The Labute approximate surface area is 179 Å². The van der Waals surface area contributed by atoms with Gasteiger partial charge in [-0.25, -0.2) is 0 Å². The van der Waals surface area contributed by atoms with Crippen LogP contribution >= 0.6 is 0 Å². The molecule has 0 fully saturated rings. The Balaban J connectivity index is 2.10. The van der Waals surface area contributed by atoms with Crippen molar-refractivity contribution in [1.29, 1.82) is 0 Å². The number of nitrogens with zero attached hydrogens (tertiary/aromatic N) is 4. The van der Waals surface area contributed by atoms with E-state index in [4.69, 9.17) is 9.98 Å². The SMILES string of the molecule is CC1=Nc2ccccc2[N]2/C(C)=C\C(C)=Nc3ccccc3[N](/C(C)=C\1)[Sn]2=[Se]. The zero-order valence-electron chi connectivity index (χ0n) is 16.5. The maximum atomic E-state index is 4.93. The third kappa shape index (κ3) is 3.59. The van der Waals surface area contributed by atoms with Crippen LogP contribution in [0.25, 0.3) is 0 Å². The Kier molecular flexibility index (Phi) is 5.50. The summed E-state index contributed by atoms with van der Waals surface area (Å²) in [5, 5.41) is 0. The zero-order valence-corrected chi connectivity index (χ0v) is 21.0. The third-order valence-corrected chi connectivity index (χ3v) is 15.5. The summed E-state index contributed by atoms with van der Waals surface area (Å²) >= 11 is 1.08. The third-order valence-electron chi connectivity index (χ3n) is 4.76. The van der Waals surface area contributed by atoms with Gasteiger partial charge in [0.05, 0.1) is 0 Å². The molecule has 2 aromatic rings. The Morgan fingerprint density at radius 1 is 0.679 bits per heavy atom. The average molecular weight is 540 g/mol. The quantitative estimate of drug-likeness (QED) is 0.432. The number of aliphatic imine (C=N–C) groups is 2. The number of hydrogen-bond acceptors (Lipinski definition) is 4. The predicted molar refractivity (Wildman–Crippen MR) is 122 cm³/mol. The average Bonchev–Trinajstić information content (AvgIpc) is 2.70. The number of benzene rings is 2. The molecule has 0 amide bonds. The van der Waals surface area contributed by atoms with Crippen LogP contribution < -0.4 is 6.24 Å². The van der Waals surface area contributed by atoms with Crippen molar-refractivity contribution >= 4 is 63.9 Å². The van der Waals surface area contributed by atoms with Crippen molar-refractivity contribution in [3.05, 3.63) is 72.1 Å². The molecule has 0 N–H and O–H groups in total. The van der Waals surface area contributed by atoms with Gasteiger partial charge in [0.2, 0.25) is 0 Å². The molecule has 2 aliphatic heterocycles. The Hall–Kier alpha value is -1.82. The zero-order chi connectivity index (χ0) is 19.8. The molecule has 140 valence electrons. The summed E-state index contributed by atoms with van der Waals surface area (Å²) in [7, 11) is 0. The van der Waals surface area contributed by atoms with E-state index in [9.17, 15) is 0 Å². The van der Waals surface area contributed by atoms with Crippen molar-refractivity contribution in [3.8, 4) is 0 Å². The normalized spacial score (nSPS) is 20.4. The van der Waals surface area contributed by atoms with Crippen molar-refractivity contribution in [3.63, 3.8) is 0 Å². The summed E-state index contributed by atoms with van der Waals surface area (Å²) in [6.45, 7) is 8.49. The van der Waals surface area contributed by atoms with Crippen LogP contribution in [0.1, 0.15) is 27.7 Å². The number of fused-ring (bicyclic) bond motifs is 6. The second-order valence-corrected chi connectivity index (χ2v) is 16.3. The fourth-order valence-corrected chi connectivity index (χ4v) is 15.4. The van der Waals surface area contributed by atoms with Gasteiger partial charge in [0.25, 0.3) is 0 Å². The molecule has 0 aliphatic carbocycles. The minimum atomic E-state index is -2.53. The summed E-state index contributed by atoms with van der Waals surface area (Å²) in [5.74, 6) is 0. The van der Waals surface area contributed by atoms with Crippen molar-refractivity contribution in [2.24, 2.45) is 9.98 Å². The molecule has 28 heavy (non-hydrogen) atoms. The van der Waals surface area contributed by atoms with Gasteiger partial charge < -0.3 is 0 Å². The number of allylic oxidation sites excluding steroid dienone is 4. The van der Waals surface area contributed by atoms with Gasteiger partial charge in [-0.3, -0.25) is 0 Å². The molecule has 0 saturated carbocycles. The number of anilines is 2. The maximum absolute atomic E-state index is 4.93. The van der Waals surface area contributed by atoms with Gasteiger partial charge in [-0.1, -0.05) is 0 Å². The van der Waals surface area contributed by atoms with E-state index in [1.54, 1.807) is 0 Å². The molecular formula is C22H22N4SeSn. The molecule has 0 atom stereocenters. The van der Waals surface area contributed by atoms with Crippen LogP contribution in [-0.2, 0) is 0 Å². The van der Waals surface area contributed by atoms with Gasteiger partial charge in [-0.2, -0.15) is 0 Å². The van der Waals surface area contributed by atoms with Crippen molar-refractivity contribution < 1.29 is 0 Å². The first kappa shape index (κ1) is 19.5. The monoisotopic (exact) mass is 542 g/mol. The molecule has 0 spiro atoms. The van der Waals surface area contributed by atoms with E-state index in [2.05, 4.69) is 107 Å². The van der Waals surface area contributed by atoms with Gasteiger partial charge in [-0.15, -0.1) is 0 Å². The predicted octanol–water partition coefficient (Wildman–Crippen LogP) is 5.17. The number of hydrogen-bond donors (Lipinski definition) is 0. The van der Waals surface area contributed by atoms with Crippen LogP contribution in [0.3, 0.4) is 0 Å². The summed E-state index contributed by atoms with van der Waals surface area (Å²) in [4.78, 5) is 9.86. The summed E-state index contributed by atoms with van der Waals surface area (Å²) in [6.07, 6.45) is 4.37. The fourth-order valence-electron chi connectivity index (χ4n) is 3.66. The number of rotatable bonds is 0. The second-order valence-electron chi connectivity index (χ2n) is 7.01. The molecular weight excluding hydrogens is 518 g/mol. The van der Waals surface area contributed by atoms with Crippen LogP contribution in [0.4, 0.5) is 22.7 Å². The van der Waals surface area contributed by atoms with E-state index in [0.29, 0.717) is 0 Å². The van der Waals surface area contributed by atoms with Gasteiger partial charge in [0.1, 0.15) is 0 Å². The Morgan fingerprint density at radius 3 is 1.50 bits per heavy atom. The van der Waals surface area contributed by atoms with Crippen LogP contribution in [0.5, 0.6) is 0 Å². The van der Waals surface area contributed by atoms with Gasteiger partial charge in [0, 0.05) is 0 Å². The first-order valence-corrected chi connectivity index (χ1v) is 18.7. The second kappa shape index (κ2) is 7.89. The van der Waals surface area contributed by atoms with Crippen LogP contribution in [-0.4, -0.2) is 41.1 Å². The standard InChI is InChI=1S/C22H22N4.Se.Sn/c1-15-13-16(2)24-21-11-7-8-12-22(21)26-18(4)14-17(3)25-20-10-6-5-9-19(20)23-15;;/h5-14H,1-4H3;;/q-2;;+2/b15-13-,18-14-,24-16?,25-17?;;. The van der Waals surface area contributed by atoms with E-state index in [0.717, 1.165) is 34.2 Å². The van der Waals surface area contributed by atoms with E-state index in [-0.39, 0.29) is 0 Å². The van der Waals surface area contributed by atoms with Crippen molar-refractivity contribution in [2.45, 2.75) is 27.7 Å². The molecule has 4 rings (SSSR count). The topological polar surface area (TPSA) is 31.2 Å². The van der Waals surface area contributed by atoms with E-state index >= 15 is 0 Å². The summed E-state index contributed by atoms with van der Waals surface area (Å²) in [6, 6.07) is 16.9. The van der Waals surface area contributed by atoms with Crippen LogP contribution in [0, 0.1) is 0 Å². The molecule has 0 radical (unpaired) electrons. The van der Waals surface area contributed by atoms with Gasteiger partial charge in [0.15, 0.2) is 0 Å². The first-order valence-electron chi connectivity index (χ1n) is 9.25. The Bertz CT molecular complexity index is 1010. The number of para-hydroxylation sites is 4.